The van der Waals surface area contributed by atoms with E-state index < -0.39 is 11.1 Å². The predicted octanol–water partition coefficient (Wildman–Crippen LogP) is 1.92. The van der Waals surface area contributed by atoms with Crippen LogP contribution in [0.25, 0.3) is 0 Å². The van der Waals surface area contributed by atoms with Crippen molar-refractivity contribution >= 4 is 11.6 Å². The van der Waals surface area contributed by atoms with Gasteiger partial charge in [-0.3, -0.25) is 14.2 Å². The third kappa shape index (κ3) is 3.01. The Kier molecular flexibility index (Phi) is 4.27. The van der Waals surface area contributed by atoms with Gasteiger partial charge in [0.15, 0.2) is 0 Å². The van der Waals surface area contributed by atoms with Gasteiger partial charge in [0.25, 0.3) is 0 Å². The molecule has 0 saturated carbocycles. The molecule has 138 valence electrons. The minimum absolute atomic E-state index is 0.269. The van der Waals surface area contributed by atoms with Crippen LogP contribution in [0.1, 0.15) is 11.1 Å². The number of rotatable bonds is 4. The van der Waals surface area contributed by atoms with Gasteiger partial charge in [-0.05, 0) is 42.3 Å². The number of hydrogen-bond donors (Lipinski definition) is 0. The highest BCUT2D eigenvalue weighted by Gasteiger charge is 2.26. The van der Waals surface area contributed by atoms with Crippen LogP contribution in [-0.4, -0.2) is 28.0 Å². The van der Waals surface area contributed by atoms with E-state index in [2.05, 4.69) is 5.10 Å². The molecule has 0 fully saturated rings. The van der Waals surface area contributed by atoms with Crippen molar-refractivity contribution in [1.29, 1.82) is 0 Å². The van der Waals surface area contributed by atoms with Crippen molar-refractivity contribution in [2.75, 3.05) is 18.6 Å². The molecular weight excluding hydrogens is 344 g/mol. The molecule has 1 aromatic heterocycles. The van der Waals surface area contributed by atoms with E-state index in [1.54, 1.807) is 7.11 Å². The van der Waals surface area contributed by atoms with Crippen LogP contribution in [0.4, 0.5) is 11.6 Å². The first-order valence-electron chi connectivity index (χ1n) is 8.76. The minimum Gasteiger partial charge on any atom is -0.497 e. The molecule has 0 N–H and O–H groups in total. The number of anilines is 2. The molecule has 0 bridgehead atoms. The molecule has 7 nitrogen and oxygen atoms in total. The maximum atomic E-state index is 12.6. The zero-order valence-electron chi connectivity index (χ0n) is 15.3. The summed E-state index contributed by atoms with van der Waals surface area (Å²) in [6.45, 7) is 3.27. The van der Waals surface area contributed by atoms with Crippen molar-refractivity contribution < 1.29 is 4.74 Å². The van der Waals surface area contributed by atoms with Gasteiger partial charge in [-0.25, -0.2) is 4.68 Å². The Morgan fingerprint density at radius 1 is 1.00 bits per heavy atom. The van der Waals surface area contributed by atoms with Crippen molar-refractivity contribution in [2.45, 2.75) is 20.0 Å². The van der Waals surface area contributed by atoms with E-state index in [0.29, 0.717) is 19.0 Å². The quantitative estimate of drug-likeness (QED) is 0.662. The fraction of sp³-hybridized carbons (Fsp3) is 0.250. The molecule has 0 radical (unpaired) electrons. The number of aromatic nitrogens is 3. The normalized spacial score (nSPS) is 12.9. The Balaban J connectivity index is 1.76. The molecule has 1 aliphatic rings. The summed E-state index contributed by atoms with van der Waals surface area (Å²) in [6.07, 6.45) is 0. The number of fused-ring (bicyclic) bond motifs is 1. The average Bonchev–Trinajstić information content (AvgIpc) is 3.11. The van der Waals surface area contributed by atoms with Gasteiger partial charge in [0, 0.05) is 18.8 Å². The summed E-state index contributed by atoms with van der Waals surface area (Å²) in [7, 11) is 1.62. The van der Waals surface area contributed by atoms with Gasteiger partial charge in [0.1, 0.15) is 5.75 Å². The molecular formula is C20H20N4O3. The third-order valence-electron chi connectivity index (χ3n) is 4.87. The first-order chi connectivity index (χ1) is 13.1. The Labute approximate surface area is 156 Å². The molecule has 27 heavy (non-hydrogen) atoms. The van der Waals surface area contributed by atoms with Crippen molar-refractivity contribution in [3.63, 3.8) is 0 Å². The highest BCUT2D eigenvalue weighted by molar-refractivity contribution is 5.59. The number of aryl methyl sites for hydroxylation is 1. The second-order valence-corrected chi connectivity index (χ2v) is 6.50. The lowest BCUT2D eigenvalue weighted by atomic mass is 10.1. The number of benzene rings is 2. The van der Waals surface area contributed by atoms with Crippen LogP contribution in [0.5, 0.6) is 5.75 Å². The second-order valence-electron chi connectivity index (χ2n) is 6.50. The fourth-order valence-electron chi connectivity index (χ4n) is 3.29. The topological polar surface area (TPSA) is 69.4 Å². The molecule has 0 saturated heterocycles. The van der Waals surface area contributed by atoms with Gasteiger partial charge in [0.2, 0.25) is 5.95 Å². The molecule has 2 heterocycles. The smallest absolute Gasteiger partial charge is 0.333 e. The van der Waals surface area contributed by atoms with Crippen LogP contribution < -0.4 is 20.8 Å². The monoisotopic (exact) mass is 364 g/mol. The summed E-state index contributed by atoms with van der Waals surface area (Å²) in [5.41, 5.74) is 1.78. The maximum Gasteiger partial charge on any atom is 0.333 e. The number of nitrogens with zero attached hydrogens (tertiary/aromatic N) is 4. The summed E-state index contributed by atoms with van der Waals surface area (Å²) in [5.74, 6) is 1.24. The molecule has 0 amide bonds. The Morgan fingerprint density at radius 2 is 1.74 bits per heavy atom. The van der Waals surface area contributed by atoms with Crippen molar-refractivity contribution in [3.8, 4) is 5.75 Å². The van der Waals surface area contributed by atoms with Gasteiger partial charge in [-0.2, -0.15) is 0 Å². The highest BCUT2D eigenvalue weighted by atomic mass is 16.5. The Bertz CT molecular complexity index is 1100. The second kappa shape index (κ2) is 6.75. The summed E-state index contributed by atoms with van der Waals surface area (Å²) in [4.78, 5) is 27.0. The molecule has 1 aliphatic heterocycles. The van der Waals surface area contributed by atoms with Crippen molar-refractivity contribution in [2.24, 2.45) is 0 Å². The van der Waals surface area contributed by atoms with Crippen LogP contribution in [0.15, 0.2) is 58.1 Å². The van der Waals surface area contributed by atoms with E-state index >= 15 is 0 Å². The van der Waals surface area contributed by atoms with E-state index in [-0.39, 0.29) is 6.54 Å². The maximum absolute atomic E-state index is 12.6. The molecule has 0 spiro atoms. The van der Waals surface area contributed by atoms with E-state index in [9.17, 15) is 9.59 Å². The minimum atomic E-state index is -0.599. The molecule has 4 rings (SSSR count). The lowest BCUT2D eigenvalue weighted by Crippen LogP contribution is -2.42. The van der Waals surface area contributed by atoms with E-state index in [1.807, 2.05) is 60.4 Å². The third-order valence-corrected chi connectivity index (χ3v) is 4.87. The van der Waals surface area contributed by atoms with Crippen LogP contribution >= 0.6 is 0 Å². The average molecular weight is 364 g/mol. The summed E-state index contributed by atoms with van der Waals surface area (Å²) in [5, 5.41) is 4.51. The van der Waals surface area contributed by atoms with Gasteiger partial charge in [-0.15, -0.1) is 5.10 Å². The first-order valence-corrected chi connectivity index (χ1v) is 8.76. The molecule has 7 heteroatoms. The fourth-order valence-corrected chi connectivity index (χ4v) is 3.29. The Hall–Kier alpha value is -3.35. The number of ether oxygens (including phenoxy) is 1. The van der Waals surface area contributed by atoms with E-state index in [1.165, 1.54) is 9.25 Å². The zero-order valence-corrected chi connectivity index (χ0v) is 15.3. The van der Waals surface area contributed by atoms with Gasteiger partial charge >= 0.3 is 11.1 Å². The van der Waals surface area contributed by atoms with Crippen molar-refractivity contribution in [1.82, 2.24) is 14.3 Å². The Morgan fingerprint density at radius 3 is 2.44 bits per heavy atom. The van der Waals surface area contributed by atoms with Gasteiger partial charge in [0.05, 0.1) is 13.7 Å². The largest absolute Gasteiger partial charge is 0.497 e. The summed E-state index contributed by atoms with van der Waals surface area (Å²) >= 11 is 0. The van der Waals surface area contributed by atoms with Crippen LogP contribution in [0.2, 0.25) is 0 Å². The lowest BCUT2D eigenvalue weighted by Gasteiger charge is -2.18. The van der Waals surface area contributed by atoms with Crippen LogP contribution in [0, 0.1) is 6.92 Å². The number of hydrogen-bond acceptors (Lipinski definition) is 5. The van der Waals surface area contributed by atoms with Gasteiger partial charge < -0.3 is 9.64 Å². The molecule has 2 aromatic carbocycles. The van der Waals surface area contributed by atoms with Crippen LogP contribution in [-0.2, 0) is 13.1 Å². The van der Waals surface area contributed by atoms with E-state index in [0.717, 1.165) is 22.6 Å². The zero-order chi connectivity index (χ0) is 19.0. The van der Waals surface area contributed by atoms with Crippen molar-refractivity contribution in [3.05, 3.63) is 80.4 Å². The molecule has 0 unspecified atom stereocenters. The summed E-state index contributed by atoms with van der Waals surface area (Å²) in [6, 6.07) is 15.3. The number of methoxy groups -OCH3 is 1. The molecule has 3 aromatic rings. The lowest BCUT2D eigenvalue weighted by molar-refractivity contribution is 0.415. The highest BCUT2D eigenvalue weighted by Crippen LogP contribution is 2.28. The molecule has 0 atom stereocenters. The van der Waals surface area contributed by atoms with Gasteiger partial charge in [-0.1, -0.05) is 24.3 Å². The van der Waals surface area contributed by atoms with Crippen LogP contribution in [0.3, 0.4) is 0 Å². The van der Waals surface area contributed by atoms with E-state index in [4.69, 9.17) is 4.74 Å². The predicted molar refractivity (Wildman–Crippen MR) is 103 cm³/mol. The molecule has 0 aliphatic carbocycles. The standard InChI is InChI=1S/C20H20N4O3/c1-14-5-3-4-6-15(14)13-24-19(26)18(25)23-12-11-22(20(23)21-24)16-7-9-17(27-2)10-8-16/h3-10H,11-13H2,1-2H3. The first kappa shape index (κ1) is 17.1. The summed E-state index contributed by atoms with van der Waals surface area (Å²) < 4.78 is 7.91. The SMILES string of the molecule is COc1ccc(N2CCn3c2nn(Cc2ccccc2C)c(=O)c3=O)cc1.